The van der Waals surface area contributed by atoms with Gasteiger partial charge in [-0.2, -0.15) is 0 Å². The summed E-state index contributed by atoms with van der Waals surface area (Å²) in [6.07, 6.45) is 0. The van der Waals surface area contributed by atoms with Crippen molar-refractivity contribution in [3.05, 3.63) is 56.7 Å². The van der Waals surface area contributed by atoms with Crippen LogP contribution < -0.4 is 16.4 Å². The fourth-order valence-electron chi connectivity index (χ4n) is 2.75. The number of amides is 2. The van der Waals surface area contributed by atoms with Gasteiger partial charge in [-0.3, -0.25) is 29.8 Å². The van der Waals surface area contributed by atoms with Crippen LogP contribution in [0.1, 0.15) is 20.8 Å². The molecule has 0 aliphatic carbocycles. The van der Waals surface area contributed by atoms with Gasteiger partial charge in [0.05, 0.1) is 24.3 Å². The molecule has 10 heteroatoms. The van der Waals surface area contributed by atoms with Crippen LogP contribution in [0.5, 0.6) is 0 Å². The van der Waals surface area contributed by atoms with Crippen molar-refractivity contribution in [1.29, 1.82) is 0 Å². The molecule has 2 heterocycles. The maximum absolute atomic E-state index is 13.0. The van der Waals surface area contributed by atoms with Crippen molar-refractivity contribution >= 4 is 45.1 Å². The van der Waals surface area contributed by atoms with E-state index < -0.39 is 11.8 Å². The van der Waals surface area contributed by atoms with Crippen LogP contribution in [0.4, 0.5) is 0 Å². The van der Waals surface area contributed by atoms with Crippen LogP contribution in [0.2, 0.25) is 0 Å². The van der Waals surface area contributed by atoms with Gasteiger partial charge in [0.15, 0.2) is 5.16 Å². The molecule has 0 aliphatic rings. The molecule has 1 aromatic carbocycles. The minimum atomic E-state index is -0.407. The number of aromatic nitrogens is 2. The summed E-state index contributed by atoms with van der Waals surface area (Å²) in [5.41, 5.74) is 5.99. The standard InChI is InChI=1S/C20H22N4O4S2/c1-12-13(2)30-18-16(12)19(27)24(9-10-28-3)20(21-18)29-11-15(25)22-23-17(26)14-7-5-4-6-8-14/h4-8H,9-11H2,1-3H3,(H,22,25)(H,23,26). The molecule has 8 nitrogen and oxygen atoms in total. The first-order chi connectivity index (χ1) is 14.4. The number of hydrazine groups is 1. The summed E-state index contributed by atoms with van der Waals surface area (Å²) < 4.78 is 6.65. The first kappa shape index (κ1) is 22.0. The molecule has 0 saturated carbocycles. The van der Waals surface area contributed by atoms with Crippen LogP contribution in [-0.4, -0.2) is 40.8 Å². The SMILES string of the molecule is COCCn1c(SCC(=O)NNC(=O)c2ccccc2)nc2sc(C)c(C)c2c1=O. The van der Waals surface area contributed by atoms with Gasteiger partial charge in [0.25, 0.3) is 11.5 Å². The fourth-order valence-corrected chi connectivity index (χ4v) is 4.65. The van der Waals surface area contributed by atoms with E-state index in [2.05, 4.69) is 15.8 Å². The van der Waals surface area contributed by atoms with E-state index in [4.69, 9.17) is 4.74 Å². The van der Waals surface area contributed by atoms with E-state index in [1.54, 1.807) is 37.4 Å². The molecular formula is C20H22N4O4S2. The first-order valence-corrected chi connectivity index (χ1v) is 11.0. The number of methoxy groups -OCH3 is 1. The zero-order chi connectivity index (χ0) is 21.7. The third-order valence-corrected chi connectivity index (χ3v) is 6.53. The van der Waals surface area contributed by atoms with Crippen molar-refractivity contribution < 1.29 is 14.3 Å². The lowest BCUT2D eigenvalue weighted by molar-refractivity contribution is -0.119. The molecular weight excluding hydrogens is 424 g/mol. The van der Waals surface area contributed by atoms with E-state index in [-0.39, 0.29) is 11.3 Å². The molecule has 0 aliphatic heterocycles. The monoisotopic (exact) mass is 446 g/mol. The molecule has 2 N–H and O–H groups in total. The quantitative estimate of drug-likeness (QED) is 0.328. The number of hydrogen-bond donors (Lipinski definition) is 2. The maximum Gasteiger partial charge on any atom is 0.269 e. The number of hydrogen-bond acceptors (Lipinski definition) is 7. The van der Waals surface area contributed by atoms with Crippen molar-refractivity contribution in [2.45, 2.75) is 25.5 Å². The van der Waals surface area contributed by atoms with E-state index in [1.807, 2.05) is 13.8 Å². The zero-order valence-electron chi connectivity index (χ0n) is 16.9. The molecule has 0 fully saturated rings. The Labute approximate surface area is 181 Å². The number of aryl methyl sites for hydroxylation is 2. The van der Waals surface area contributed by atoms with Crippen LogP contribution in [0, 0.1) is 13.8 Å². The molecule has 0 unspecified atom stereocenters. The summed E-state index contributed by atoms with van der Waals surface area (Å²) >= 11 is 2.60. The van der Waals surface area contributed by atoms with E-state index in [1.165, 1.54) is 15.9 Å². The van der Waals surface area contributed by atoms with Crippen molar-refractivity contribution in [2.24, 2.45) is 0 Å². The van der Waals surface area contributed by atoms with Crippen molar-refractivity contribution in [3.8, 4) is 0 Å². The molecule has 2 aromatic heterocycles. The minimum absolute atomic E-state index is 0.0106. The maximum atomic E-state index is 13.0. The normalized spacial score (nSPS) is 10.9. The number of ether oxygens (including phenoxy) is 1. The summed E-state index contributed by atoms with van der Waals surface area (Å²) in [6, 6.07) is 8.57. The summed E-state index contributed by atoms with van der Waals surface area (Å²) in [5.74, 6) is -0.825. The predicted octanol–water partition coefficient (Wildman–Crippen LogP) is 2.27. The van der Waals surface area contributed by atoms with Gasteiger partial charge in [0, 0.05) is 17.6 Å². The molecule has 0 bridgehead atoms. The third kappa shape index (κ3) is 4.89. The third-order valence-electron chi connectivity index (χ3n) is 4.46. The van der Waals surface area contributed by atoms with Crippen LogP contribution in [-0.2, 0) is 16.1 Å². The Hall–Kier alpha value is -2.69. The largest absolute Gasteiger partial charge is 0.383 e. The second-order valence-corrected chi connectivity index (χ2v) is 8.61. The van der Waals surface area contributed by atoms with Crippen molar-refractivity contribution in [3.63, 3.8) is 0 Å². The molecule has 2 amide bonds. The van der Waals surface area contributed by atoms with E-state index >= 15 is 0 Å². The number of thioether (sulfide) groups is 1. The lowest BCUT2D eigenvalue weighted by Crippen LogP contribution is -2.42. The Morgan fingerprint density at radius 2 is 1.93 bits per heavy atom. The lowest BCUT2D eigenvalue weighted by Gasteiger charge is -2.12. The summed E-state index contributed by atoms with van der Waals surface area (Å²) in [4.78, 5) is 43.5. The number of benzene rings is 1. The van der Waals surface area contributed by atoms with Crippen LogP contribution in [0.15, 0.2) is 40.3 Å². The highest BCUT2D eigenvalue weighted by atomic mass is 32.2. The summed E-state index contributed by atoms with van der Waals surface area (Å²) in [5, 5.41) is 1.05. The van der Waals surface area contributed by atoms with Crippen molar-refractivity contribution in [1.82, 2.24) is 20.4 Å². The number of carbonyl (C=O) groups is 2. The highest BCUT2D eigenvalue weighted by molar-refractivity contribution is 7.99. The van der Waals surface area contributed by atoms with Crippen molar-refractivity contribution in [2.75, 3.05) is 19.5 Å². The Bertz CT molecular complexity index is 1130. The van der Waals surface area contributed by atoms with Gasteiger partial charge < -0.3 is 4.74 Å². The zero-order valence-corrected chi connectivity index (χ0v) is 18.5. The van der Waals surface area contributed by atoms with Gasteiger partial charge in [-0.25, -0.2) is 4.98 Å². The van der Waals surface area contributed by atoms with Gasteiger partial charge in [0.2, 0.25) is 5.91 Å². The molecule has 30 heavy (non-hydrogen) atoms. The van der Waals surface area contributed by atoms with E-state index in [0.717, 1.165) is 22.2 Å². The highest BCUT2D eigenvalue weighted by Crippen LogP contribution is 2.28. The smallest absolute Gasteiger partial charge is 0.269 e. The Balaban J connectivity index is 1.72. The number of fused-ring (bicyclic) bond motifs is 1. The summed E-state index contributed by atoms with van der Waals surface area (Å²) in [7, 11) is 1.56. The molecule has 0 radical (unpaired) electrons. The average Bonchev–Trinajstić information content (AvgIpc) is 3.04. The second kappa shape index (κ2) is 9.88. The van der Waals surface area contributed by atoms with Crippen LogP contribution in [0.25, 0.3) is 10.2 Å². The van der Waals surface area contributed by atoms with Gasteiger partial charge in [0.1, 0.15) is 4.83 Å². The van der Waals surface area contributed by atoms with E-state index in [0.29, 0.717) is 34.1 Å². The van der Waals surface area contributed by atoms with Crippen LogP contribution >= 0.6 is 23.1 Å². The molecule has 3 rings (SSSR count). The Morgan fingerprint density at radius 1 is 1.20 bits per heavy atom. The fraction of sp³-hybridized carbons (Fsp3) is 0.300. The molecule has 0 saturated heterocycles. The minimum Gasteiger partial charge on any atom is -0.383 e. The Morgan fingerprint density at radius 3 is 2.63 bits per heavy atom. The lowest BCUT2D eigenvalue weighted by atomic mass is 10.2. The second-order valence-electron chi connectivity index (χ2n) is 6.46. The molecule has 0 spiro atoms. The Kier molecular flexibility index (Phi) is 7.24. The molecule has 158 valence electrons. The van der Waals surface area contributed by atoms with Crippen LogP contribution in [0.3, 0.4) is 0 Å². The number of carbonyl (C=O) groups excluding carboxylic acids is 2. The number of thiophene rings is 1. The average molecular weight is 447 g/mol. The van der Waals surface area contributed by atoms with Gasteiger partial charge >= 0.3 is 0 Å². The number of nitrogens with zero attached hydrogens (tertiary/aromatic N) is 2. The van der Waals surface area contributed by atoms with E-state index in [9.17, 15) is 14.4 Å². The molecule has 3 aromatic rings. The van der Waals surface area contributed by atoms with Gasteiger partial charge in [-0.1, -0.05) is 30.0 Å². The number of nitrogens with one attached hydrogen (secondary N) is 2. The van der Waals surface area contributed by atoms with Gasteiger partial charge in [-0.05, 0) is 31.5 Å². The predicted molar refractivity (Wildman–Crippen MR) is 118 cm³/mol. The summed E-state index contributed by atoms with van der Waals surface area (Å²) in [6.45, 7) is 4.55. The first-order valence-electron chi connectivity index (χ1n) is 9.19. The van der Waals surface area contributed by atoms with Gasteiger partial charge in [-0.15, -0.1) is 11.3 Å². The molecule has 0 atom stereocenters. The highest BCUT2D eigenvalue weighted by Gasteiger charge is 2.17. The number of rotatable bonds is 7. The topological polar surface area (TPSA) is 102 Å².